The van der Waals surface area contributed by atoms with E-state index in [1.807, 2.05) is 36.4 Å². The van der Waals surface area contributed by atoms with Crippen molar-refractivity contribution in [1.82, 2.24) is 35.1 Å². The number of nitrogens with one attached hydrogen (secondary N) is 4. The predicted molar refractivity (Wildman–Crippen MR) is 300 cm³/mol. The monoisotopic (exact) mass is 1100 g/mol. The summed E-state index contributed by atoms with van der Waals surface area (Å²) in [6.07, 6.45) is 5.15. The van der Waals surface area contributed by atoms with Crippen LogP contribution >= 0.6 is 11.6 Å². The third-order valence-electron chi connectivity index (χ3n) is 13.6. The van der Waals surface area contributed by atoms with Gasteiger partial charge in [0.05, 0.1) is 81.4 Å². The number of sulfone groups is 1. The molecular weight excluding hydrogens is 1030 g/mol. The number of ether oxygens (including phenoxy) is 4. The number of nitrogens with zero attached hydrogens (tertiary/aromatic N) is 9. The predicted octanol–water partition coefficient (Wildman–Crippen LogP) is 5.94. The van der Waals surface area contributed by atoms with Gasteiger partial charge in [-0.15, -0.1) is 0 Å². The Hall–Kier alpha value is -5.98. The highest BCUT2D eigenvalue weighted by molar-refractivity contribution is 7.92. The molecule has 23 heteroatoms. The number of hydrogen-bond acceptors (Lipinski definition) is 19. The van der Waals surface area contributed by atoms with Crippen LogP contribution in [0.15, 0.2) is 96.3 Å². The maximum Gasteiger partial charge on any atom is 0.234 e. The second-order valence-electron chi connectivity index (χ2n) is 19.3. The summed E-state index contributed by atoms with van der Waals surface area (Å²) in [7, 11) is -3.55. The third kappa shape index (κ3) is 17.5. The molecule has 1 atom stereocenters. The van der Waals surface area contributed by atoms with E-state index in [0.717, 1.165) is 114 Å². The molecule has 1 amide bonds. The number of rotatable bonds is 28. The highest BCUT2D eigenvalue weighted by Gasteiger charge is 2.25. The average Bonchev–Trinajstić information content (AvgIpc) is 3.44. The summed E-state index contributed by atoms with van der Waals surface area (Å²) in [5, 5.41) is 12.5. The van der Waals surface area contributed by atoms with Crippen molar-refractivity contribution in [2.24, 2.45) is 0 Å². The van der Waals surface area contributed by atoms with Crippen molar-refractivity contribution < 1.29 is 36.6 Å². The van der Waals surface area contributed by atoms with E-state index in [4.69, 9.17) is 30.5 Å². The van der Waals surface area contributed by atoms with Crippen molar-refractivity contribution in [3.8, 4) is 0 Å². The van der Waals surface area contributed by atoms with Gasteiger partial charge in [0.1, 0.15) is 28.8 Å². The fraction of sp³-hybridized carbons (Fsp3) is 0.500. The smallest absolute Gasteiger partial charge is 0.234 e. The van der Waals surface area contributed by atoms with E-state index in [1.165, 1.54) is 12.3 Å². The van der Waals surface area contributed by atoms with Crippen molar-refractivity contribution in [2.75, 3.05) is 169 Å². The van der Waals surface area contributed by atoms with Gasteiger partial charge in [0.15, 0.2) is 15.7 Å². The normalized spacial score (nSPS) is 16.7. The molecule has 2 aromatic heterocycles. The van der Waals surface area contributed by atoms with E-state index in [-0.39, 0.29) is 33.5 Å². The Morgan fingerprint density at radius 2 is 1.42 bits per heavy atom. The number of carbonyl (C=O) groups excluding carboxylic acids is 1. The summed E-state index contributed by atoms with van der Waals surface area (Å²) >= 11 is 6.42. The van der Waals surface area contributed by atoms with E-state index in [0.29, 0.717) is 77.6 Å². The number of amides is 1. The number of hydrogen-bond donors (Lipinski definition) is 4. The highest BCUT2D eigenvalue weighted by atomic mass is 35.5. The SMILES string of the molecule is CC(C)S(=O)(=O)c1ccccc1Nc1nc(Nc2ccc(N3CCN(CC(=O)NCCOCCOCCOCCOCCN4CCN(c5cc(N[C@@H]6CCCN(c7cccc(F)c7)C6)ncn5)CC4)CC3)cc2)ncc1Cl. The Labute approximate surface area is 456 Å². The van der Waals surface area contributed by atoms with Gasteiger partial charge in [-0.1, -0.05) is 29.8 Å². The number of benzene rings is 3. The lowest BCUT2D eigenvalue weighted by Crippen LogP contribution is -2.49. The van der Waals surface area contributed by atoms with Crippen LogP contribution in [0.5, 0.6) is 0 Å². The molecule has 77 heavy (non-hydrogen) atoms. The second kappa shape index (κ2) is 29.1. The summed E-state index contributed by atoms with van der Waals surface area (Å²) in [5.74, 6) is 2.07. The summed E-state index contributed by atoms with van der Waals surface area (Å²) < 4.78 is 62.6. The van der Waals surface area contributed by atoms with Crippen molar-refractivity contribution in [1.29, 1.82) is 0 Å². The Morgan fingerprint density at radius 3 is 2.14 bits per heavy atom. The van der Waals surface area contributed by atoms with Crippen molar-refractivity contribution >= 4 is 73.5 Å². The molecular formula is C54H73ClFN13O7S. The second-order valence-corrected chi connectivity index (χ2v) is 22.2. The summed E-state index contributed by atoms with van der Waals surface area (Å²) in [6.45, 7) is 17.2. The minimum absolute atomic E-state index is 0.0311. The molecule has 0 spiro atoms. The minimum Gasteiger partial charge on any atom is -0.378 e. The Bertz CT molecular complexity index is 2740. The summed E-state index contributed by atoms with van der Waals surface area (Å²) in [4.78, 5) is 42.1. The zero-order chi connectivity index (χ0) is 53.8. The van der Waals surface area contributed by atoms with Crippen molar-refractivity contribution in [3.63, 3.8) is 0 Å². The van der Waals surface area contributed by atoms with Gasteiger partial charge in [0, 0.05) is 108 Å². The van der Waals surface area contributed by atoms with E-state index in [1.54, 1.807) is 56.6 Å². The van der Waals surface area contributed by atoms with Gasteiger partial charge in [0.2, 0.25) is 11.9 Å². The van der Waals surface area contributed by atoms with Crippen LogP contribution in [0.1, 0.15) is 26.7 Å². The maximum absolute atomic E-state index is 13.8. The topological polar surface area (TPSA) is 204 Å². The van der Waals surface area contributed by atoms with Crippen LogP contribution in [0.4, 0.5) is 50.5 Å². The van der Waals surface area contributed by atoms with Crippen LogP contribution in [0.25, 0.3) is 0 Å². The first kappa shape index (κ1) is 57.2. The van der Waals surface area contributed by atoms with E-state index in [2.05, 4.69) is 65.7 Å². The molecule has 3 saturated heterocycles. The molecule has 4 N–H and O–H groups in total. The molecule has 0 aliphatic carbocycles. The number of carbonyl (C=O) groups is 1. The first-order valence-corrected chi connectivity index (χ1v) is 28.5. The quantitative estimate of drug-likeness (QED) is 0.0428. The zero-order valence-corrected chi connectivity index (χ0v) is 45.7. The summed E-state index contributed by atoms with van der Waals surface area (Å²) in [6, 6.07) is 23.7. The maximum atomic E-state index is 13.8. The van der Waals surface area contributed by atoms with E-state index >= 15 is 0 Å². The molecule has 3 fully saturated rings. The van der Waals surface area contributed by atoms with Crippen LogP contribution in [0.2, 0.25) is 5.02 Å². The number of para-hydroxylation sites is 1. The zero-order valence-electron chi connectivity index (χ0n) is 44.1. The van der Waals surface area contributed by atoms with E-state index in [9.17, 15) is 17.6 Å². The lowest BCUT2D eigenvalue weighted by Gasteiger charge is -2.36. The van der Waals surface area contributed by atoms with Gasteiger partial charge >= 0.3 is 0 Å². The molecule has 0 radical (unpaired) electrons. The molecule has 0 bridgehead atoms. The molecule has 5 heterocycles. The van der Waals surface area contributed by atoms with Crippen LogP contribution in [-0.4, -0.2) is 193 Å². The van der Waals surface area contributed by atoms with Gasteiger partial charge in [-0.3, -0.25) is 14.6 Å². The van der Waals surface area contributed by atoms with Gasteiger partial charge in [0.25, 0.3) is 0 Å². The van der Waals surface area contributed by atoms with Crippen LogP contribution < -0.4 is 36.0 Å². The third-order valence-corrected chi connectivity index (χ3v) is 16.1. The number of aromatic nitrogens is 4. The fourth-order valence-corrected chi connectivity index (χ4v) is 10.6. The molecule has 5 aromatic rings. The minimum atomic E-state index is -3.55. The standard InChI is InChI=1S/C54H73ClFN13O7S/c1-41(2)77(71,72)49-11-4-3-10-48(49)63-53-47(55)37-58-54(64-53)62-43-12-14-45(15-13-43)67-22-20-66(21-23-67)39-52(70)57-16-27-73-29-31-75-33-34-76-32-30-74-28-26-65-18-24-68(25-19-65)51-36-50(59-40-60-51)61-44-8-6-17-69(38-44)46-9-5-7-42(56)35-46/h3-5,7,9-15,35-37,40-41,44H,6,8,16-34,38-39H2,1-2H3,(H,57,70)(H,59,60,61)(H2,58,62,63,64)/t44-/m1/s1. The van der Waals surface area contributed by atoms with Crippen LogP contribution in [0, 0.1) is 5.82 Å². The molecule has 3 aliphatic heterocycles. The highest BCUT2D eigenvalue weighted by Crippen LogP contribution is 2.31. The molecule has 20 nitrogen and oxygen atoms in total. The largest absolute Gasteiger partial charge is 0.378 e. The Morgan fingerprint density at radius 1 is 0.727 bits per heavy atom. The first-order chi connectivity index (χ1) is 37.5. The Kier molecular flexibility index (Phi) is 21.6. The first-order valence-electron chi connectivity index (χ1n) is 26.6. The number of piperidine rings is 1. The van der Waals surface area contributed by atoms with Crippen molar-refractivity contribution in [2.45, 2.75) is 42.9 Å². The molecule has 0 unspecified atom stereocenters. The molecule has 3 aromatic carbocycles. The molecule has 0 saturated carbocycles. The fourth-order valence-electron chi connectivity index (χ4n) is 9.25. The Balaban J connectivity index is 0.599. The van der Waals surface area contributed by atoms with Gasteiger partial charge in [-0.05, 0) is 81.3 Å². The van der Waals surface area contributed by atoms with Gasteiger partial charge in [-0.2, -0.15) is 4.98 Å². The molecule has 416 valence electrons. The number of anilines is 8. The molecule has 3 aliphatic rings. The molecule has 8 rings (SSSR count). The van der Waals surface area contributed by atoms with Crippen LogP contribution in [0.3, 0.4) is 0 Å². The summed E-state index contributed by atoms with van der Waals surface area (Å²) in [5.41, 5.74) is 3.13. The lowest BCUT2D eigenvalue weighted by molar-refractivity contribution is -0.122. The van der Waals surface area contributed by atoms with Crippen LogP contribution in [-0.2, 0) is 33.6 Å². The van der Waals surface area contributed by atoms with E-state index < -0.39 is 15.1 Å². The lowest BCUT2D eigenvalue weighted by atomic mass is 10.0. The number of piperazine rings is 2. The van der Waals surface area contributed by atoms with Gasteiger partial charge in [-0.25, -0.2) is 27.8 Å². The average molecular weight is 1100 g/mol. The van der Waals surface area contributed by atoms with Crippen molar-refractivity contribution in [3.05, 3.63) is 102 Å². The number of halogens is 2. The van der Waals surface area contributed by atoms with Gasteiger partial charge < -0.3 is 54.9 Å².